The van der Waals surface area contributed by atoms with Crippen LogP contribution in [0.25, 0.3) is 44.4 Å². The topological polar surface area (TPSA) is 44.9 Å². The van der Waals surface area contributed by atoms with Gasteiger partial charge in [-0.25, -0.2) is 9.67 Å². The molecule has 4 aromatic carbocycles. The fourth-order valence-corrected chi connectivity index (χ4v) is 7.44. The lowest BCUT2D eigenvalue weighted by molar-refractivity contribution is 0.481. The predicted octanol–water partition coefficient (Wildman–Crippen LogP) is 11.2. The Kier molecular flexibility index (Phi) is 7.93. The number of hydrogen-bond donors (Lipinski definition) is 0. The average Bonchev–Trinajstić information content (AvgIpc) is 3.53. The Balaban J connectivity index is 1.33. The number of aromatic nitrogens is 4. The smallest absolute Gasteiger partial charge is 0.137 e. The highest BCUT2D eigenvalue weighted by atomic mass is 32.2. The summed E-state index contributed by atoms with van der Waals surface area (Å²) in [4.78, 5) is 6.03. The van der Waals surface area contributed by atoms with Crippen LogP contribution in [0.1, 0.15) is 53.4 Å². The number of ether oxygens (including phenoxy) is 1. The van der Waals surface area contributed by atoms with Gasteiger partial charge in [-0.15, -0.1) is 11.8 Å². The zero-order valence-corrected chi connectivity index (χ0v) is 29.2. The number of rotatable bonds is 7. The Bertz CT molecular complexity index is 2290. The first-order valence-electron chi connectivity index (χ1n) is 16.1. The molecule has 0 aliphatic heterocycles. The molecule has 7 aromatic rings. The lowest BCUT2D eigenvalue weighted by Crippen LogP contribution is -2.02. The second-order valence-electron chi connectivity index (χ2n) is 12.8. The summed E-state index contributed by atoms with van der Waals surface area (Å²) in [7, 11) is 0. The lowest BCUT2D eigenvalue weighted by atomic mass is 9.94. The Hall–Kier alpha value is -4.81. The number of thioether (sulfide) groups is 1. The van der Waals surface area contributed by atoms with E-state index < -0.39 is 0 Å². The molecule has 0 aliphatic rings. The van der Waals surface area contributed by atoms with Crippen LogP contribution in [0.5, 0.6) is 11.5 Å². The van der Waals surface area contributed by atoms with Crippen LogP contribution >= 0.6 is 11.8 Å². The van der Waals surface area contributed by atoms with E-state index in [-0.39, 0.29) is 0 Å². The number of aryl methyl sites for hydroxylation is 4. The minimum atomic E-state index is 0.315. The third-order valence-corrected chi connectivity index (χ3v) is 9.83. The zero-order valence-electron chi connectivity index (χ0n) is 28.3. The van der Waals surface area contributed by atoms with Crippen LogP contribution in [-0.4, -0.2) is 25.6 Å². The van der Waals surface area contributed by atoms with Crippen LogP contribution in [0.4, 0.5) is 0 Å². The molecule has 0 N–H and O–H groups in total. The van der Waals surface area contributed by atoms with E-state index in [4.69, 9.17) is 14.8 Å². The highest BCUT2D eigenvalue weighted by Gasteiger charge is 2.20. The number of pyridine rings is 1. The first kappa shape index (κ1) is 30.8. The van der Waals surface area contributed by atoms with Crippen molar-refractivity contribution in [1.29, 1.82) is 0 Å². The van der Waals surface area contributed by atoms with E-state index in [1.165, 1.54) is 49.0 Å². The SMILES string of the molecule is CSc1cc(C)c(-c2c(C)nn(-c3cc(Oc4ccc5c6ccccc6n(-c6cc(C)ccn6)c5c4)cc(C(C)C)c3)c2C)c(C)c1. The van der Waals surface area contributed by atoms with E-state index in [2.05, 4.69) is 143 Å². The Morgan fingerprint density at radius 1 is 0.723 bits per heavy atom. The number of fused-ring (bicyclic) bond motifs is 3. The van der Waals surface area contributed by atoms with Gasteiger partial charge in [-0.2, -0.15) is 5.10 Å². The fourth-order valence-electron chi connectivity index (χ4n) is 6.85. The highest BCUT2D eigenvalue weighted by molar-refractivity contribution is 7.98. The minimum Gasteiger partial charge on any atom is -0.457 e. The molecule has 0 spiro atoms. The minimum absolute atomic E-state index is 0.315. The molecule has 7 rings (SSSR count). The summed E-state index contributed by atoms with van der Waals surface area (Å²) in [6.45, 7) is 15.2. The van der Waals surface area contributed by atoms with Gasteiger partial charge in [0.2, 0.25) is 0 Å². The van der Waals surface area contributed by atoms with E-state index in [9.17, 15) is 0 Å². The van der Waals surface area contributed by atoms with E-state index >= 15 is 0 Å². The monoisotopic (exact) mass is 636 g/mol. The largest absolute Gasteiger partial charge is 0.457 e. The molecule has 0 aliphatic carbocycles. The summed E-state index contributed by atoms with van der Waals surface area (Å²) in [5.74, 6) is 2.77. The second-order valence-corrected chi connectivity index (χ2v) is 13.7. The number of para-hydroxylation sites is 1. The molecule has 0 fully saturated rings. The molecule has 0 amide bonds. The van der Waals surface area contributed by atoms with Crippen molar-refractivity contribution < 1.29 is 4.74 Å². The molecule has 5 nitrogen and oxygen atoms in total. The first-order valence-corrected chi connectivity index (χ1v) is 17.4. The Morgan fingerprint density at radius 3 is 2.19 bits per heavy atom. The molecular weight excluding hydrogens is 597 g/mol. The molecule has 3 aromatic heterocycles. The third kappa shape index (κ3) is 5.51. The van der Waals surface area contributed by atoms with E-state index in [0.717, 1.165) is 45.4 Å². The van der Waals surface area contributed by atoms with Crippen molar-refractivity contribution in [2.24, 2.45) is 0 Å². The van der Waals surface area contributed by atoms with Crippen LogP contribution in [0, 0.1) is 34.6 Å². The molecule has 6 heteroatoms. The lowest BCUT2D eigenvalue weighted by Gasteiger charge is -2.15. The third-order valence-electron chi connectivity index (χ3n) is 9.12. The van der Waals surface area contributed by atoms with Gasteiger partial charge in [-0.05, 0) is 129 Å². The molecule has 0 bridgehead atoms. The maximum absolute atomic E-state index is 6.70. The van der Waals surface area contributed by atoms with Gasteiger partial charge in [0.1, 0.15) is 17.3 Å². The molecule has 0 saturated carbocycles. The summed E-state index contributed by atoms with van der Waals surface area (Å²) < 4.78 is 11.0. The second kappa shape index (κ2) is 12.1. The van der Waals surface area contributed by atoms with E-state index in [1.807, 2.05) is 12.3 Å². The van der Waals surface area contributed by atoms with Gasteiger partial charge in [-0.3, -0.25) is 4.57 Å². The number of benzene rings is 4. The van der Waals surface area contributed by atoms with E-state index in [1.54, 1.807) is 11.8 Å². The Morgan fingerprint density at radius 2 is 1.47 bits per heavy atom. The van der Waals surface area contributed by atoms with Crippen molar-refractivity contribution >= 4 is 33.6 Å². The summed E-state index contributed by atoms with van der Waals surface area (Å²) in [6.07, 6.45) is 4.00. The van der Waals surface area contributed by atoms with Gasteiger partial charge in [-0.1, -0.05) is 32.0 Å². The molecule has 0 saturated heterocycles. The van der Waals surface area contributed by atoms with Gasteiger partial charge >= 0.3 is 0 Å². The van der Waals surface area contributed by atoms with Gasteiger partial charge in [0.15, 0.2) is 0 Å². The van der Waals surface area contributed by atoms with Crippen molar-refractivity contribution in [2.45, 2.75) is 59.3 Å². The molecule has 3 heterocycles. The van der Waals surface area contributed by atoms with Crippen LogP contribution in [0.15, 0.2) is 96.0 Å². The summed E-state index contributed by atoms with van der Waals surface area (Å²) >= 11 is 1.78. The molecule has 0 unspecified atom stereocenters. The molecule has 47 heavy (non-hydrogen) atoms. The zero-order chi connectivity index (χ0) is 33.0. The van der Waals surface area contributed by atoms with Crippen LogP contribution < -0.4 is 4.74 Å². The predicted molar refractivity (Wildman–Crippen MR) is 197 cm³/mol. The molecule has 0 atom stereocenters. The van der Waals surface area contributed by atoms with Gasteiger partial charge < -0.3 is 4.74 Å². The van der Waals surface area contributed by atoms with Crippen LogP contribution in [0.3, 0.4) is 0 Å². The van der Waals surface area contributed by atoms with Gasteiger partial charge in [0.25, 0.3) is 0 Å². The molecule has 0 radical (unpaired) electrons. The highest BCUT2D eigenvalue weighted by Crippen LogP contribution is 2.38. The van der Waals surface area contributed by atoms with Crippen LogP contribution in [-0.2, 0) is 0 Å². The first-order chi connectivity index (χ1) is 22.6. The van der Waals surface area contributed by atoms with Crippen molar-refractivity contribution in [3.63, 3.8) is 0 Å². The normalized spacial score (nSPS) is 11.7. The average molecular weight is 637 g/mol. The van der Waals surface area contributed by atoms with Crippen molar-refractivity contribution in [3.05, 3.63) is 125 Å². The van der Waals surface area contributed by atoms with Crippen molar-refractivity contribution in [1.82, 2.24) is 19.3 Å². The quantitative estimate of drug-likeness (QED) is 0.163. The summed E-state index contributed by atoms with van der Waals surface area (Å²) in [6, 6.07) is 30.1. The van der Waals surface area contributed by atoms with E-state index in [0.29, 0.717) is 5.92 Å². The summed E-state index contributed by atoms with van der Waals surface area (Å²) in [5, 5.41) is 7.45. The summed E-state index contributed by atoms with van der Waals surface area (Å²) in [5.41, 5.74) is 12.7. The maximum Gasteiger partial charge on any atom is 0.137 e. The standard InChI is InChI=1S/C41H40N4OS/c1-24(2)30-20-31(45-29(7)41(28(6)43-45)40-26(4)18-34(47-8)19-27(40)5)22-33(21-30)46-32-13-14-36-35-11-9-10-12-37(35)44(38(36)23-32)39-17-25(3)15-16-42-39/h9-24H,1-8H3. The van der Waals surface area contributed by atoms with Gasteiger partial charge in [0, 0.05) is 45.3 Å². The Labute approximate surface area is 281 Å². The number of nitrogens with zero attached hydrogens (tertiary/aromatic N) is 4. The van der Waals surface area contributed by atoms with Crippen molar-refractivity contribution in [3.8, 4) is 34.1 Å². The van der Waals surface area contributed by atoms with Gasteiger partial charge in [0.05, 0.1) is 22.4 Å². The fraction of sp³-hybridized carbons (Fsp3) is 0.220. The molecule has 236 valence electrons. The van der Waals surface area contributed by atoms with Crippen LogP contribution in [0.2, 0.25) is 0 Å². The maximum atomic E-state index is 6.70. The van der Waals surface area contributed by atoms with Crippen molar-refractivity contribution in [2.75, 3.05) is 6.26 Å². The molecular formula is C41H40N4OS. The number of hydrogen-bond acceptors (Lipinski definition) is 4.